The summed E-state index contributed by atoms with van der Waals surface area (Å²) < 4.78 is 0. The normalized spacial score (nSPS) is 22.9. The van der Waals surface area contributed by atoms with Gasteiger partial charge >= 0.3 is 0 Å². The first-order chi connectivity index (χ1) is 9.09. The van der Waals surface area contributed by atoms with E-state index < -0.39 is 0 Å². The quantitative estimate of drug-likeness (QED) is 0.903. The number of carbonyl (C=O) groups is 1. The van der Waals surface area contributed by atoms with E-state index in [1.165, 1.54) is 0 Å². The van der Waals surface area contributed by atoms with Crippen molar-refractivity contribution < 1.29 is 9.90 Å². The van der Waals surface area contributed by atoms with E-state index in [1.54, 1.807) is 12.4 Å². The van der Waals surface area contributed by atoms with Crippen LogP contribution in [0.3, 0.4) is 0 Å². The number of pyridine rings is 1. The van der Waals surface area contributed by atoms with Crippen molar-refractivity contribution in [1.82, 2.24) is 9.88 Å². The highest BCUT2D eigenvalue weighted by Gasteiger charge is 2.29. The molecule has 1 fully saturated rings. The molecule has 1 aromatic heterocycles. The molecule has 2 heterocycles. The zero-order chi connectivity index (χ0) is 13.8. The largest absolute Gasteiger partial charge is 0.393 e. The van der Waals surface area contributed by atoms with Gasteiger partial charge in [0, 0.05) is 31.4 Å². The summed E-state index contributed by atoms with van der Waals surface area (Å²) in [6.07, 6.45) is 5.09. The van der Waals surface area contributed by atoms with E-state index in [0.717, 1.165) is 24.9 Å². The van der Waals surface area contributed by atoms with Crippen LogP contribution >= 0.6 is 0 Å². The van der Waals surface area contributed by atoms with Gasteiger partial charge in [0.15, 0.2) is 0 Å². The molecule has 0 bridgehead atoms. The third-order valence-electron chi connectivity index (χ3n) is 4.01. The van der Waals surface area contributed by atoms with Crippen LogP contribution in [0.4, 0.5) is 0 Å². The number of aromatic nitrogens is 1. The summed E-state index contributed by atoms with van der Waals surface area (Å²) in [5.74, 6) is 0.179. The summed E-state index contributed by atoms with van der Waals surface area (Å²) in [6.45, 7) is 5.20. The van der Waals surface area contributed by atoms with Crippen LogP contribution in [0.5, 0.6) is 0 Å². The summed E-state index contributed by atoms with van der Waals surface area (Å²) in [7, 11) is 0. The number of rotatable bonds is 3. The predicted molar refractivity (Wildman–Crippen MR) is 73.6 cm³/mol. The fraction of sp³-hybridized carbons (Fsp3) is 0.600. The van der Waals surface area contributed by atoms with Gasteiger partial charge in [-0.15, -0.1) is 0 Å². The number of piperidine rings is 1. The average Bonchev–Trinajstić information content (AvgIpc) is 2.46. The van der Waals surface area contributed by atoms with E-state index in [4.69, 9.17) is 0 Å². The molecule has 19 heavy (non-hydrogen) atoms. The van der Waals surface area contributed by atoms with Crippen molar-refractivity contribution in [2.75, 3.05) is 13.1 Å². The third-order valence-corrected chi connectivity index (χ3v) is 4.01. The summed E-state index contributed by atoms with van der Waals surface area (Å²) >= 11 is 0. The molecule has 1 N–H and O–H groups in total. The first-order valence-corrected chi connectivity index (χ1v) is 6.96. The van der Waals surface area contributed by atoms with E-state index in [-0.39, 0.29) is 23.8 Å². The number of hydrogen-bond donors (Lipinski definition) is 1. The molecule has 1 aliphatic rings. The molecule has 0 spiro atoms. The van der Waals surface area contributed by atoms with Crippen molar-refractivity contribution in [3.8, 4) is 0 Å². The van der Waals surface area contributed by atoms with Crippen LogP contribution in [0.2, 0.25) is 0 Å². The van der Waals surface area contributed by atoms with E-state index in [9.17, 15) is 9.90 Å². The highest BCUT2D eigenvalue weighted by atomic mass is 16.3. The first-order valence-electron chi connectivity index (χ1n) is 6.96. The number of amides is 1. The minimum atomic E-state index is -0.343. The maximum atomic E-state index is 12.5. The number of carbonyl (C=O) groups excluding carboxylic acids is 1. The van der Waals surface area contributed by atoms with Crippen molar-refractivity contribution in [3.05, 3.63) is 30.1 Å². The Morgan fingerprint density at radius 1 is 1.53 bits per heavy atom. The fourth-order valence-electron chi connectivity index (χ4n) is 2.65. The Morgan fingerprint density at radius 3 is 2.95 bits per heavy atom. The molecule has 1 aromatic rings. The second kappa shape index (κ2) is 6.15. The minimum absolute atomic E-state index is 0.137. The molecular formula is C15H22N2O2. The van der Waals surface area contributed by atoms with Gasteiger partial charge in [0.1, 0.15) is 0 Å². The van der Waals surface area contributed by atoms with Crippen LogP contribution in [-0.2, 0) is 4.79 Å². The van der Waals surface area contributed by atoms with Gasteiger partial charge in [0.05, 0.1) is 12.0 Å². The molecule has 0 aliphatic carbocycles. The summed E-state index contributed by atoms with van der Waals surface area (Å²) in [5.41, 5.74) is 0.951. The fourth-order valence-corrected chi connectivity index (χ4v) is 2.65. The topological polar surface area (TPSA) is 53.4 Å². The second-order valence-corrected chi connectivity index (χ2v) is 5.44. The Labute approximate surface area is 114 Å². The maximum absolute atomic E-state index is 12.5. The van der Waals surface area contributed by atoms with Gasteiger partial charge in [0.25, 0.3) is 0 Å². The monoisotopic (exact) mass is 262 g/mol. The molecular weight excluding hydrogens is 240 g/mol. The van der Waals surface area contributed by atoms with Crippen LogP contribution in [0.1, 0.15) is 38.2 Å². The number of likely N-dealkylation sites (tertiary alicyclic amines) is 1. The van der Waals surface area contributed by atoms with Gasteiger partial charge < -0.3 is 10.0 Å². The van der Waals surface area contributed by atoms with Gasteiger partial charge in [-0.2, -0.15) is 0 Å². The Balaban J connectivity index is 2.03. The van der Waals surface area contributed by atoms with Crippen molar-refractivity contribution in [2.24, 2.45) is 5.92 Å². The lowest BCUT2D eigenvalue weighted by Crippen LogP contribution is -2.44. The highest BCUT2D eigenvalue weighted by molar-refractivity contribution is 5.83. The van der Waals surface area contributed by atoms with E-state index >= 15 is 0 Å². The van der Waals surface area contributed by atoms with Crippen molar-refractivity contribution in [2.45, 2.75) is 38.7 Å². The van der Waals surface area contributed by atoms with Crippen LogP contribution < -0.4 is 0 Å². The van der Waals surface area contributed by atoms with Crippen LogP contribution in [0.15, 0.2) is 24.5 Å². The van der Waals surface area contributed by atoms with Gasteiger partial charge in [0.2, 0.25) is 5.91 Å². The van der Waals surface area contributed by atoms with Crippen LogP contribution in [-0.4, -0.2) is 40.1 Å². The molecule has 0 radical (unpaired) electrons. The molecule has 1 aliphatic heterocycles. The van der Waals surface area contributed by atoms with Gasteiger partial charge in [-0.05, 0) is 38.3 Å². The summed E-state index contributed by atoms with van der Waals surface area (Å²) in [5, 5.41) is 9.68. The molecule has 4 nitrogen and oxygen atoms in total. The predicted octanol–water partition coefficient (Wildman–Crippen LogP) is 1.80. The zero-order valence-electron chi connectivity index (χ0n) is 11.6. The van der Waals surface area contributed by atoms with Crippen molar-refractivity contribution in [3.63, 3.8) is 0 Å². The molecule has 3 atom stereocenters. The molecule has 4 heteroatoms. The Bertz CT molecular complexity index is 419. The lowest BCUT2D eigenvalue weighted by molar-refractivity contribution is -0.135. The van der Waals surface area contributed by atoms with Crippen molar-refractivity contribution >= 4 is 5.91 Å². The van der Waals surface area contributed by atoms with Crippen LogP contribution in [0, 0.1) is 5.92 Å². The SMILES string of the molecule is CC(C(=O)N1CCCC(C(C)O)C1)c1cccnc1. The van der Waals surface area contributed by atoms with E-state index in [2.05, 4.69) is 4.98 Å². The number of aliphatic hydroxyl groups excluding tert-OH is 1. The van der Waals surface area contributed by atoms with Gasteiger partial charge in [-0.25, -0.2) is 0 Å². The standard InChI is InChI=1S/C15H22N2O2/c1-11(13-5-3-7-16-9-13)15(19)17-8-4-6-14(10-17)12(2)18/h3,5,7,9,11-12,14,18H,4,6,8,10H2,1-2H3. The smallest absolute Gasteiger partial charge is 0.229 e. The first kappa shape index (κ1) is 14.0. The Kier molecular flexibility index (Phi) is 4.53. The molecule has 1 amide bonds. The van der Waals surface area contributed by atoms with E-state index in [1.807, 2.05) is 30.9 Å². The maximum Gasteiger partial charge on any atom is 0.229 e. The zero-order valence-corrected chi connectivity index (χ0v) is 11.6. The highest BCUT2D eigenvalue weighted by Crippen LogP contribution is 2.24. The molecule has 0 saturated carbocycles. The molecule has 104 valence electrons. The summed E-state index contributed by atoms with van der Waals surface area (Å²) in [4.78, 5) is 18.4. The minimum Gasteiger partial charge on any atom is -0.393 e. The molecule has 1 saturated heterocycles. The van der Waals surface area contributed by atoms with Gasteiger partial charge in [-0.1, -0.05) is 6.07 Å². The van der Waals surface area contributed by atoms with Crippen LogP contribution in [0.25, 0.3) is 0 Å². The number of aliphatic hydroxyl groups is 1. The second-order valence-electron chi connectivity index (χ2n) is 5.44. The summed E-state index contributed by atoms with van der Waals surface area (Å²) in [6, 6.07) is 3.79. The molecule has 3 unspecified atom stereocenters. The third kappa shape index (κ3) is 3.32. The molecule has 0 aromatic carbocycles. The molecule has 2 rings (SSSR count). The lowest BCUT2D eigenvalue weighted by Gasteiger charge is -2.35. The Hall–Kier alpha value is -1.42. The number of nitrogens with zero attached hydrogens (tertiary/aromatic N) is 2. The average molecular weight is 262 g/mol. The lowest BCUT2D eigenvalue weighted by atomic mass is 9.92. The van der Waals surface area contributed by atoms with Crippen molar-refractivity contribution in [1.29, 1.82) is 0 Å². The Morgan fingerprint density at radius 2 is 2.32 bits per heavy atom. The number of hydrogen-bond acceptors (Lipinski definition) is 3. The van der Waals surface area contributed by atoms with Gasteiger partial charge in [-0.3, -0.25) is 9.78 Å². The van der Waals surface area contributed by atoms with E-state index in [0.29, 0.717) is 6.54 Å².